The van der Waals surface area contributed by atoms with E-state index < -0.39 is 0 Å². The topological polar surface area (TPSA) is 43.1 Å². The summed E-state index contributed by atoms with van der Waals surface area (Å²) in [6.45, 7) is 7.16. The molecule has 2 rings (SSSR count). The summed E-state index contributed by atoms with van der Waals surface area (Å²) in [7, 11) is 0. The molecule has 0 aromatic carbocycles. The molecule has 2 heterocycles. The Kier molecular flexibility index (Phi) is 2.21. The molecule has 0 bridgehead atoms. The maximum Gasteiger partial charge on any atom is 0.218 e. The molecule has 3 nitrogen and oxygen atoms in total. The molecule has 0 fully saturated rings. The van der Waals surface area contributed by atoms with Gasteiger partial charge in [0.1, 0.15) is 5.76 Å². The summed E-state index contributed by atoms with van der Waals surface area (Å²) in [5, 5.41) is 0. The number of rotatable bonds is 2. The van der Waals surface area contributed by atoms with Crippen molar-refractivity contribution in [2.75, 3.05) is 0 Å². The second-order valence-electron chi connectivity index (χ2n) is 2.97. The predicted octanol–water partition coefficient (Wildman–Crippen LogP) is 2.47. The van der Waals surface area contributed by atoms with E-state index in [0.29, 0.717) is 22.4 Å². The Morgan fingerprint density at radius 1 is 1.33 bits per heavy atom. The molecule has 0 saturated carbocycles. The van der Waals surface area contributed by atoms with Gasteiger partial charge in [0.15, 0.2) is 11.1 Å². The van der Waals surface area contributed by atoms with E-state index in [0.717, 1.165) is 0 Å². The highest BCUT2D eigenvalue weighted by Crippen LogP contribution is 2.15. The van der Waals surface area contributed by atoms with Gasteiger partial charge in [-0.15, -0.1) is 0 Å². The fraction of sp³-hybridized carbons (Fsp3) is 0. The molecule has 0 saturated heterocycles. The Bertz CT molecular complexity index is 596. The number of pyridine rings is 1. The average molecular weight is 199 g/mol. The van der Waals surface area contributed by atoms with Crippen LogP contribution in [-0.4, -0.2) is 4.98 Å². The van der Waals surface area contributed by atoms with Gasteiger partial charge in [0.25, 0.3) is 0 Å². The Labute approximate surface area is 86.4 Å². The van der Waals surface area contributed by atoms with Crippen molar-refractivity contribution in [3.05, 3.63) is 53.0 Å². The zero-order valence-electron chi connectivity index (χ0n) is 8.06. The smallest absolute Gasteiger partial charge is 0.218 e. The van der Waals surface area contributed by atoms with Crippen molar-refractivity contribution in [1.29, 1.82) is 0 Å². The fourth-order valence-electron chi connectivity index (χ4n) is 1.40. The van der Waals surface area contributed by atoms with Gasteiger partial charge in [0, 0.05) is 6.20 Å². The van der Waals surface area contributed by atoms with Crippen LogP contribution in [0.1, 0.15) is 11.3 Å². The molecular weight excluding hydrogens is 190 g/mol. The Morgan fingerprint density at radius 3 is 2.80 bits per heavy atom. The van der Waals surface area contributed by atoms with Crippen molar-refractivity contribution in [1.82, 2.24) is 4.98 Å². The second-order valence-corrected chi connectivity index (χ2v) is 2.97. The number of nitrogens with zero attached hydrogens (tertiary/aromatic N) is 1. The fourth-order valence-corrected chi connectivity index (χ4v) is 1.40. The predicted molar refractivity (Wildman–Crippen MR) is 60.5 cm³/mol. The van der Waals surface area contributed by atoms with Crippen LogP contribution in [0.2, 0.25) is 0 Å². The summed E-state index contributed by atoms with van der Waals surface area (Å²) in [6, 6.07) is 3.41. The molecule has 0 spiro atoms. The lowest BCUT2D eigenvalue weighted by Crippen LogP contribution is -2.08. The largest absolute Gasteiger partial charge is 0.454 e. The summed E-state index contributed by atoms with van der Waals surface area (Å²) < 4.78 is 5.46. The molecule has 3 heteroatoms. The summed E-state index contributed by atoms with van der Waals surface area (Å²) >= 11 is 0. The third-order valence-corrected chi connectivity index (χ3v) is 2.11. The van der Waals surface area contributed by atoms with Crippen LogP contribution in [0.5, 0.6) is 0 Å². The molecule has 0 unspecified atom stereocenters. The minimum Gasteiger partial charge on any atom is -0.454 e. The molecule has 0 amide bonds. The van der Waals surface area contributed by atoms with Crippen LogP contribution in [0, 0.1) is 0 Å². The highest BCUT2D eigenvalue weighted by molar-refractivity contribution is 5.76. The first kappa shape index (κ1) is 9.40. The Balaban J connectivity index is 3.00. The molecule has 2 aromatic rings. The van der Waals surface area contributed by atoms with Gasteiger partial charge < -0.3 is 4.42 Å². The van der Waals surface area contributed by atoms with E-state index in [-0.39, 0.29) is 5.43 Å². The first-order valence-electron chi connectivity index (χ1n) is 4.44. The second kappa shape index (κ2) is 3.53. The minimum absolute atomic E-state index is 0.179. The molecule has 0 atom stereocenters. The lowest BCUT2D eigenvalue weighted by Gasteiger charge is -2.01. The number of aromatic nitrogens is 1. The lowest BCUT2D eigenvalue weighted by molar-refractivity contribution is 0.588. The van der Waals surface area contributed by atoms with Crippen molar-refractivity contribution >= 4 is 23.3 Å². The molecule has 15 heavy (non-hydrogen) atoms. The highest BCUT2D eigenvalue weighted by Gasteiger charge is 2.09. The quantitative estimate of drug-likeness (QED) is 0.746. The first-order valence-corrected chi connectivity index (χ1v) is 4.44. The lowest BCUT2D eigenvalue weighted by atomic mass is 10.2. The summed E-state index contributed by atoms with van der Waals surface area (Å²) in [5.74, 6) is 0.426. The molecular formula is C12H9NO2. The van der Waals surface area contributed by atoms with Crippen LogP contribution in [0.25, 0.3) is 23.3 Å². The minimum atomic E-state index is -0.179. The Morgan fingerprint density at radius 2 is 2.13 bits per heavy atom. The van der Waals surface area contributed by atoms with Crippen molar-refractivity contribution in [2.24, 2.45) is 0 Å². The van der Waals surface area contributed by atoms with Gasteiger partial charge in [-0.2, -0.15) is 0 Å². The summed E-state index contributed by atoms with van der Waals surface area (Å²) in [5.41, 5.74) is 0.999. The maximum absolute atomic E-state index is 11.9. The van der Waals surface area contributed by atoms with Crippen molar-refractivity contribution in [3.8, 4) is 0 Å². The van der Waals surface area contributed by atoms with E-state index in [1.165, 1.54) is 12.2 Å². The van der Waals surface area contributed by atoms with Gasteiger partial charge >= 0.3 is 0 Å². The van der Waals surface area contributed by atoms with Gasteiger partial charge in [0.2, 0.25) is 5.43 Å². The summed E-state index contributed by atoms with van der Waals surface area (Å²) in [4.78, 5) is 15.9. The van der Waals surface area contributed by atoms with E-state index in [2.05, 4.69) is 18.1 Å². The molecule has 0 N–H and O–H groups in total. The summed E-state index contributed by atoms with van der Waals surface area (Å²) in [6.07, 6.45) is 4.50. The van der Waals surface area contributed by atoms with Crippen molar-refractivity contribution in [2.45, 2.75) is 0 Å². The van der Waals surface area contributed by atoms with E-state index >= 15 is 0 Å². The molecule has 2 aromatic heterocycles. The standard InChI is InChI=1S/C12H9NO2/c1-3-8-9(4-2)15-10-6-5-7-13-11(10)12(8)14/h3-7H,1-2H2. The average Bonchev–Trinajstić information content (AvgIpc) is 2.29. The van der Waals surface area contributed by atoms with E-state index in [9.17, 15) is 4.79 Å². The van der Waals surface area contributed by atoms with Gasteiger partial charge in [-0.1, -0.05) is 19.2 Å². The third-order valence-electron chi connectivity index (χ3n) is 2.11. The zero-order chi connectivity index (χ0) is 10.8. The molecule has 0 aliphatic heterocycles. The molecule has 74 valence electrons. The van der Waals surface area contributed by atoms with Gasteiger partial charge in [-0.25, -0.2) is 4.98 Å². The van der Waals surface area contributed by atoms with E-state index in [1.54, 1.807) is 18.3 Å². The van der Waals surface area contributed by atoms with Crippen LogP contribution in [0.4, 0.5) is 0 Å². The van der Waals surface area contributed by atoms with Gasteiger partial charge in [0.05, 0.1) is 5.56 Å². The van der Waals surface area contributed by atoms with Crippen LogP contribution in [-0.2, 0) is 0 Å². The number of hydrogen-bond acceptors (Lipinski definition) is 3. The SMILES string of the molecule is C=Cc1oc2cccnc2c(=O)c1C=C. The highest BCUT2D eigenvalue weighted by atomic mass is 16.3. The van der Waals surface area contributed by atoms with Crippen LogP contribution >= 0.6 is 0 Å². The van der Waals surface area contributed by atoms with Crippen molar-refractivity contribution in [3.63, 3.8) is 0 Å². The number of fused-ring (bicyclic) bond motifs is 1. The van der Waals surface area contributed by atoms with Crippen LogP contribution in [0.15, 0.2) is 40.7 Å². The normalized spacial score (nSPS) is 10.1. The van der Waals surface area contributed by atoms with Crippen LogP contribution < -0.4 is 5.43 Å². The monoisotopic (exact) mass is 199 g/mol. The zero-order valence-corrected chi connectivity index (χ0v) is 8.06. The van der Waals surface area contributed by atoms with Crippen molar-refractivity contribution < 1.29 is 4.42 Å². The first-order chi connectivity index (χ1) is 7.27. The molecule has 0 aliphatic rings. The maximum atomic E-state index is 11.9. The Hall–Kier alpha value is -2.16. The van der Waals surface area contributed by atoms with Gasteiger partial charge in [-0.05, 0) is 18.2 Å². The van der Waals surface area contributed by atoms with E-state index in [4.69, 9.17) is 4.42 Å². The number of hydrogen-bond donors (Lipinski definition) is 0. The molecule has 0 radical (unpaired) electrons. The van der Waals surface area contributed by atoms with E-state index in [1.807, 2.05) is 0 Å². The van der Waals surface area contributed by atoms with Gasteiger partial charge in [-0.3, -0.25) is 4.79 Å². The van der Waals surface area contributed by atoms with Crippen LogP contribution in [0.3, 0.4) is 0 Å². The molecule has 0 aliphatic carbocycles. The third kappa shape index (κ3) is 1.38.